The molecule has 136 valence electrons. The minimum absolute atomic E-state index is 0.272. The van der Waals surface area contributed by atoms with Crippen molar-refractivity contribution in [1.29, 1.82) is 0 Å². The van der Waals surface area contributed by atoms with Crippen molar-refractivity contribution in [2.75, 3.05) is 20.2 Å². The Hall–Kier alpha value is -2.57. The van der Waals surface area contributed by atoms with Crippen LogP contribution in [0.1, 0.15) is 44.0 Å². The van der Waals surface area contributed by atoms with Crippen LogP contribution in [0.2, 0.25) is 0 Å². The van der Waals surface area contributed by atoms with E-state index >= 15 is 0 Å². The van der Waals surface area contributed by atoms with Gasteiger partial charge in [0, 0.05) is 25.4 Å². The zero-order valence-corrected chi connectivity index (χ0v) is 15.4. The van der Waals surface area contributed by atoms with Gasteiger partial charge in [-0.1, -0.05) is 31.1 Å². The number of guanidine groups is 1. The van der Waals surface area contributed by atoms with E-state index in [1.54, 1.807) is 7.11 Å². The highest BCUT2D eigenvalue weighted by Crippen LogP contribution is 2.12. The fourth-order valence-corrected chi connectivity index (χ4v) is 2.13. The summed E-state index contributed by atoms with van der Waals surface area (Å²) in [5.41, 5.74) is 1.12. The first-order chi connectivity index (χ1) is 12.1. The third kappa shape index (κ3) is 6.10. The van der Waals surface area contributed by atoms with Gasteiger partial charge in [-0.05, 0) is 24.6 Å². The number of nitrogens with one attached hydrogen (secondary N) is 2. The molecule has 0 spiro atoms. The van der Waals surface area contributed by atoms with Gasteiger partial charge < -0.3 is 19.9 Å². The first-order valence-corrected chi connectivity index (χ1v) is 8.60. The van der Waals surface area contributed by atoms with Crippen LogP contribution in [0.5, 0.6) is 5.75 Å². The summed E-state index contributed by atoms with van der Waals surface area (Å²) in [7, 11) is 1.66. The Labute approximate surface area is 148 Å². The predicted molar refractivity (Wildman–Crippen MR) is 97.9 cm³/mol. The fraction of sp³-hybridized carbons (Fsp3) is 0.500. The van der Waals surface area contributed by atoms with E-state index in [9.17, 15) is 0 Å². The molecule has 0 unspecified atom stereocenters. The summed E-state index contributed by atoms with van der Waals surface area (Å²) < 4.78 is 10.4. The molecule has 1 aromatic heterocycles. The molecule has 1 aromatic carbocycles. The van der Waals surface area contributed by atoms with Crippen molar-refractivity contribution in [3.05, 3.63) is 41.5 Å². The Bertz CT molecular complexity index is 664. The van der Waals surface area contributed by atoms with Gasteiger partial charge in [-0.3, -0.25) is 0 Å². The number of methoxy groups -OCH3 is 1. The smallest absolute Gasteiger partial charge is 0.228 e. The second-order valence-electron chi connectivity index (χ2n) is 5.92. The SMILES string of the molecule is CCNC(=NCc1ccc(OC)cc1)NCCc1nc(C(C)C)no1. The highest BCUT2D eigenvalue weighted by Gasteiger charge is 2.09. The van der Waals surface area contributed by atoms with Crippen LogP contribution in [0.3, 0.4) is 0 Å². The van der Waals surface area contributed by atoms with E-state index < -0.39 is 0 Å². The minimum atomic E-state index is 0.272. The highest BCUT2D eigenvalue weighted by atomic mass is 16.5. The lowest BCUT2D eigenvalue weighted by Crippen LogP contribution is -2.38. The lowest BCUT2D eigenvalue weighted by molar-refractivity contribution is 0.371. The van der Waals surface area contributed by atoms with E-state index in [1.165, 1.54) is 0 Å². The van der Waals surface area contributed by atoms with E-state index in [1.807, 2.05) is 45.0 Å². The van der Waals surface area contributed by atoms with Crippen LogP contribution >= 0.6 is 0 Å². The molecule has 2 N–H and O–H groups in total. The monoisotopic (exact) mass is 345 g/mol. The van der Waals surface area contributed by atoms with E-state index in [-0.39, 0.29) is 5.92 Å². The van der Waals surface area contributed by atoms with Crippen molar-refractivity contribution >= 4 is 5.96 Å². The zero-order chi connectivity index (χ0) is 18.1. The number of benzene rings is 1. The summed E-state index contributed by atoms with van der Waals surface area (Å²) in [6, 6.07) is 7.90. The van der Waals surface area contributed by atoms with Crippen LogP contribution < -0.4 is 15.4 Å². The summed E-state index contributed by atoms with van der Waals surface area (Å²) in [5.74, 6) is 3.27. The lowest BCUT2D eigenvalue weighted by atomic mass is 10.2. The van der Waals surface area contributed by atoms with E-state index in [2.05, 4.69) is 25.8 Å². The standard InChI is InChI=1S/C18H27N5O2/c1-5-19-18(21-12-14-6-8-15(24-4)9-7-14)20-11-10-16-22-17(13(2)3)23-25-16/h6-9,13H,5,10-12H2,1-4H3,(H2,19,20,21). The van der Waals surface area contributed by atoms with Crippen molar-refractivity contribution < 1.29 is 9.26 Å². The quantitative estimate of drug-likeness (QED) is 0.565. The molecule has 7 nitrogen and oxygen atoms in total. The van der Waals surface area contributed by atoms with Crippen LogP contribution in [0.25, 0.3) is 0 Å². The molecule has 0 radical (unpaired) electrons. The van der Waals surface area contributed by atoms with Gasteiger partial charge in [0.2, 0.25) is 5.89 Å². The number of ether oxygens (including phenoxy) is 1. The summed E-state index contributed by atoms with van der Waals surface area (Å²) in [5, 5.41) is 10.5. The molecule has 0 amide bonds. The van der Waals surface area contributed by atoms with Gasteiger partial charge in [-0.2, -0.15) is 4.98 Å². The molecule has 2 aromatic rings. The van der Waals surface area contributed by atoms with Crippen LogP contribution in [-0.2, 0) is 13.0 Å². The normalized spacial score (nSPS) is 11.6. The first kappa shape index (κ1) is 18.8. The highest BCUT2D eigenvalue weighted by molar-refractivity contribution is 5.79. The molecule has 0 saturated carbocycles. The van der Waals surface area contributed by atoms with Crippen LogP contribution in [0, 0.1) is 0 Å². The minimum Gasteiger partial charge on any atom is -0.497 e. The molecule has 0 bridgehead atoms. The molecular weight excluding hydrogens is 318 g/mol. The molecule has 0 saturated heterocycles. The van der Waals surface area contributed by atoms with Gasteiger partial charge in [-0.15, -0.1) is 0 Å². The zero-order valence-electron chi connectivity index (χ0n) is 15.4. The van der Waals surface area contributed by atoms with Gasteiger partial charge in [-0.25, -0.2) is 4.99 Å². The first-order valence-electron chi connectivity index (χ1n) is 8.60. The molecule has 0 aliphatic rings. The van der Waals surface area contributed by atoms with Crippen molar-refractivity contribution in [2.24, 2.45) is 4.99 Å². The number of hydrogen-bond donors (Lipinski definition) is 2. The number of rotatable bonds is 8. The van der Waals surface area contributed by atoms with Gasteiger partial charge in [0.25, 0.3) is 0 Å². The third-order valence-corrected chi connectivity index (χ3v) is 3.55. The van der Waals surface area contributed by atoms with Crippen molar-refractivity contribution in [2.45, 2.75) is 39.7 Å². The molecule has 2 rings (SSSR count). The summed E-state index contributed by atoms with van der Waals surface area (Å²) >= 11 is 0. The molecule has 0 fully saturated rings. The second kappa shape index (κ2) is 9.66. The van der Waals surface area contributed by atoms with Gasteiger partial charge in [0.1, 0.15) is 5.75 Å². The molecule has 0 aliphatic heterocycles. The number of aromatic nitrogens is 2. The Morgan fingerprint density at radius 1 is 1.24 bits per heavy atom. The van der Waals surface area contributed by atoms with Crippen LogP contribution in [0.4, 0.5) is 0 Å². The van der Waals surface area contributed by atoms with Crippen molar-refractivity contribution in [3.63, 3.8) is 0 Å². The average Bonchev–Trinajstić information content (AvgIpc) is 3.09. The van der Waals surface area contributed by atoms with Crippen LogP contribution in [-0.4, -0.2) is 36.3 Å². The maximum atomic E-state index is 5.25. The Morgan fingerprint density at radius 3 is 2.60 bits per heavy atom. The number of aliphatic imine (C=N–C) groups is 1. The second-order valence-corrected chi connectivity index (χ2v) is 5.92. The van der Waals surface area contributed by atoms with Crippen molar-refractivity contribution in [1.82, 2.24) is 20.8 Å². The van der Waals surface area contributed by atoms with E-state index in [0.29, 0.717) is 25.4 Å². The van der Waals surface area contributed by atoms with Crippen molar-refractivity contribution in [3.8, 4) is 5.75 Å². The van der Waals surface area contributed by atoms with Gasteiger partial charge >= 0.3 is 0 Å². The fourth-order valence-electron chi connectivity index (χ4n) is 2.13. The largest absolute Gasteiger partial charge is 0.497 e. The predicted octanol–water partition coefficient (Wildman–Crippen LogP) is 2.50. The third-order valence-electron chi connectivity index (χ3n) is 3.55. The summed E-state index contributed by atoms with van der Waals surface area (Å²) in [6.45, 7) is 8.19. The molecule has 1 heterocycles. The molecule has 7 heteroatoms. The molecule has 0 aliphatic carbocycles. The maximum absolute atomic E-state index is 5.25. The number of nitrogens with zero attached hydrogens (tertiary/aromatic N) is 3. The summed E-state index contributed by atoms with van der Waals surface area (Å²) in [6.07, 6.45) is 0.659. The molecule has 0 atom stereocenters. The van der Waals surface area contributed by atoms with E-state index in [4.69, 9.17) is 9.26 Å². The van der Waals surface area contributed by atoms with E-state index in [0.717, 1.165) is 29.6 Å². The van der Waals surface area contributed by atoms with Gasteiger partial charge in [0.05, 0.1) is 13.7 Å². The topological polar surface area (TPSA) is 84.6 Å². The number of hydrogen-bond acceptors (Lipinski definition) is 5. The Morgan fingerprint density at radius 2 is 2.00 bits per heavy atom. The molecule has 25 heavy (non-hydrogen) atoms. The maximum Gasteiger partial charge on any atom is 0.228 e. The summed E-state index contributed by atoms with van der Waals surface area (Å²) in [4.78, 5) is 8.96. The van der Waals surface area contributed by atoms with Gasteiger partial charge in [0.15, 0.2) is 11.8 Å². The average molecular weight is 345 g/mol. The Kier molecular flexibility index (Phi) is 7.25. The molecular formula is C18H27N5O2. The Balaban J connectivity index is 1.85. The van der Waals surface area contributed by atoms with Crippen LogP contribution in [0.15, 0.2) is 33.8 Å². The lowest BCUT2D eigenvalue weighted by Gasteiger charge is -2.10.